The van der Waals surface area contributed by atoms with Crippen LogP contribution in [-0.4, -0.2) is 21.1 Å². The van der Waals surface area contributed by atoms with E-state index >= 15 is 0 Å². The van der Waals surface area contributed by atoms with Crippen molar-refractivity contribution in [1.82, 2.24) is 4.57 Å². The van der Waals surface area contributed by atoms with Gasteiger partial charge in [-0.2, -0.15) is 0 Å². The number of hydrogen-bond acceptors (Lipinski definition) is 1. The lowest BCUT2D eigenvalue weighted by molar-refractivity contribution is -0.502. The van der Waals surface area contributed by atoms with Crippen LogP contribution in [-0.2, 0) is 6.54 Å². The van der Waals surface area contributed by atoms with Crippen molar-refractivity contribution in [2.75, 3.05) is 0 Å². The van der Waals surface area contributed by atoms with Gasteiger partial charge in [0.25, 0.3) is 0 Å². The maximum atomic E-state index is 11.9. The number of nitrogens with zero attached hydrogens (tertiary/aromatic N) is 2. The average Bonchev–Trinajstić information content (AvgIpc) is 2.64. The van der Waals surface area contributed by atoms with E-state index in [-0.39, 0.29) is 6.04 Å². The molecular weight excluding hydrogens is 212 g/mol. The summed E-state index contributed by atoms with van der Waals surface area (Å²) in [5, 5.41) is 13.1. The van der Waals surface area contributed by atoms with E-state index in [1.807, 2.05) is 13.8 Å². The molecule has 2 aromatic rings. The lowest BCUT2D eigenvalue weighted by Crippen LogP contribution is -2.34. The molecule has 0 N–H and O–H groups in total. The van der Waals surface area contributed by atoms with E-state index < -0.39 is 0 Å². The third-order valence-electron chi connectivity index (χ3n) is 3.61. The van der Waals surface area contributed by atoms with E-state index in [9.17, 15) is 5.21 Å². The summed E-state index contributed by atoms with van der Waals surface area (Å²) in [6.45, 7) is 6.73. The fraction of sp³-hybridized carbons (Fsp3) is 0.357. The first-order valence-corrected chi connectivity index (χ1v) is 5.98. The number of hydrogen-bond donors (Lipinski definition) is 0. The molecule has 1 atom stereocenters. The predicted molar refractivity (Wildman–Crippen MR) is 69.5 cm³/mol. The Balaban J connectivity index is 2.34. The van der Waals surface area contributed by atoms with Crippen molar-refractivity contribution >= 4 is 16.6 Å². The molecule has 3 nitrogen and oxygen atoms in total. The van der Waals surface area contributed by atoms with Crippen LogP contribution in [0.25, 0.3) is 10.9 Å². The van der Waals surface area contributed by atoms with E-state index in [0.29, 0.717) is 0 Å². The first-order chi connectivity index (χ1) is 8.08. The fourth-order valence-electron chi connectivity index (χ4n) is 2.67. The Morgan fingerprint density at radius 2 is 2.06 bits per heavy atom. The van der Waals surface area contributed by atoms with Gasteiger partial charge >= 0.3 is 0 Å². The molecule has 88 valence electrons. The molecule has 0 spiro atoms. The SMILES string of the molecule is CC1=[N+]([O-])C(C)Cn2c1cc1cc(C)ccc12. The first-order valence-electron chi connectivity index (χ1n) is 5.98. The molecule has 1 aromatic carbocycles. The molecule has 3 heteroatoms. The van der Waals surface area contributed by atoms with Crippen LogP contribution >= 0.6 is 0 Å². The summed E-state index contributed by atoms with van der Waals surface area (Å²) in [6, 6.07) is 8.58. The van der Waals surface area contributed by atoms with Crippen molar-refractivity contribution < 1.29 is 4.74 Å². The second-order valence-electron chi connectivity index (χ2n) is 4.96. The second-order valence-corrected chi connectivity index (χ2v) is 4.96. The van der Waals surface area contributed by atoms with Crippen LogP contribution in [0.2, 0.25) is 0 Å². The van der Waals surface area contributed by atoms with Crippen molar-refractivity contribution in [3.05, 3.63) is 40.7 Å². The Morgan fingerprint density at radius 1 is 1.29 bits per heavy atom. The molecular formula is C14H16N2O. The van der Waals surface area contributed by atoms with Crippen LogP contribution in [0.5, 0.6) is 0 Å². The first kappa shape index (κ1) is 10.4. The van der Waals surface area contributed by atoms with Gasteiger partial charge in [0.1, 0.15) is 5.69 Å². The Hall–Kier alpha value is -1.77. The molecule has 3 rings (SSSR count). The van der Waals surface area contributed by atoms with E-state index in [4.69, 9.17) is 0 Å². The summed E-state index contributed by atoms with van der Waals surface area (Å²) in [4.78, 5) is 0. The quantitative estimate of drug-likeness (QED) is 0.504. The molecule has 0 bridgehead atoms. The van der Waals surface area contributed by atoms with Gasteiger partial charge in [0, 0.05) is 24.8 Å². The molecule has 1 aliphatic rings. The number of rotatable bonds is 0. The van der Waals surface area contributed by atoms with Gasteiger partial charge in [0.05, 0.1) is 6.54 Å². The number of fused-ring (bicyclic) bond motifs is 3. The third-order valence-corrected chi connectivity index (χ3v) is 3.61. The zero-order chi connectivity index (χ0) is 12.2. The van der Waals surface area contributed by atoms with Gasteiger partial charge in [0.2, 0.25) is 5.71 Å². The van der Waals surface area contributed by atoms with E-state index in [1.54, 1.807) is 0 Å². The molecule has 0 aliphatic carbocycles. The van der Waals surface area contributed by atoms with E-state index in [1.165, 1.54) is 16.5 Å². The molecule has 0 saturated heterocycles. The van der Waals surface area contributed by atoms with Crippen molar-refractivity contribution in [3.8, 4) is 0 Å². The largest absolute Gasteiger partial charge is 0.623 e. The third kappa shape index (κ3) is 1.38. The molecule has 0 amide bonds. The Labute approximate surface area is 101 Å². The highest BCUT2D eigenvalue weighted by Gasteiger charge is 2.26. The van der Waals surface area contributed by atoms with Crippen LogP contribution < -0.4 is 0 Å². The van der Waals surface area contributed by atoms with Crippen LogP contribution in [0, 0.1) is 12.1 Å². The standard InChI is InChI=1S/C14H16N2O/c1-9-4-5-13-12(6-9)7-14-11(3)16(17)10(2)8-15(13)14/h4-7,10H,8H2,1-3H3. The van der Waals surface area contributed by atoms with Gasteiger partial charge in [-0.1, -0.05) is 11.6 Å². The van der Waals surface area contributed by atoms with Crippen molar-refractivity contribution in [2.24, 2.45) is 0 Å². The van der Waals surface area contributed by atoms with Crippen molar-refractivity contribution in [1.29, 1.82) is 0 Å². The normalized spacial score (nSPS) is 19.8. The molecule has 0 fully saturated rings. The topological polar surface area (TPSA) is 31.0 Å². The summed E-state index contributed by atoms with van der Waals surface area (Å²) >= 11 is 0. The van der Waals surface area contributed by atoms with Crippen LogP contribution in [0.15, 0.2) is 24.3 Å². The fourth-order valence-corrected chi connectivity index (χ4v) is 2.67. The van der Waals surface area contributed by atoms with Gasteiger partial charge < -0.3 is 9.77 Å². The summed E-state index contributed by atoms with van der Waals surface area (Å²) < 4.78 is 3.38. The molecule has 0 saturated carbocycles. The zero-order valence-electron chi connectivity index (χ0n) is 10.4. The number of aromatic nitrogens is 1. The predicted octanol–water partition coefficient (Wildman–Crippen LogP) is 2.67. The summed E-state index contributed by atoms with van der Waals surface area (Å²) in [5.74, 6) is 0. The van der Waals surface area contributed by atoms with Crippen LogP contribution in [0.3, 0.4) is 0 Å². The van der Waals surface area contributed by atoms with E-state index in [0.717, 1.165) is 22.7 Å². The highest BCUT2D eigenvalue weighted by atomic mass is 16.5. The van der Waals surface area contributed by atoms with Gasteiger partial charge in [-0.15, -0.1) is 0 Å². The summed E-state index contributed by atoms with van der Waals surface area (Å²) in [6.07, 6.45) is 0. The maximum Gasteiger partial charge on any atom is 0.208 e. The minimum atomic E-state index is 0.0133. The minimum Gasteiger partial charge on any atom is -0.623 e. The molecule has 0 radical (unpaired) electrons. The molecule has 1 aliphatic heterocycles. The summed E-state index contributed by atoms with van der Waals surface area (Å²) in [5.41, 5.74) is 4.35. The van der Waals surface area contributed by atoms with E-state index in [2.05, 4.69) is 35.8 Å². The molecule has 1 unspecified atom stereocenters. The second kappa shape index (κ2) is 3.36. The average molecular weight is 228 g/mol. The van der Waals surface area contributed by atoms with Crippen molar-refractivity contribution in [3.63, 3.8) is 0 Å². The number of hydroxylamine groups is 1. The molecule has 2 heterocycles. The number of benzene rings is 1. The Kier molecular flexibility index (Phi) is 2.05. The Bertz CT molecular complexity index is 637. The molecule has 17 heavy (non-hydrogen) atoms. The Morgan fingerprint density at radius 3 is 2.82 bits per heavy atom. The van der Waals surface area contributed by atoms with Crippen molar-refractivity contribution in [2.45, 2.75) is 33.4 Å². The zero-order valence-corrected chi connectivity index (χ0v) is 10.4. The van der Waals surface area contributed by atoms with Gasteiger partial charge in [-0.3, -0.25) is 0 Å². The molecule has 1 aromatic heterocycles. The van der Waals surface area contributed by atoms with Crippen LogP contribution in [0.4, 0.5) is 0 Å². The summed E-state index contributed by atoms with van der Waals surface area (Å²) in [7, 11) is 0. The monoisotopic (exact) mass is 228 g/mol. The lowest BCUT2D eigenvalue weighted by atomic mass is 10.2. The maximum absolute atomic E-state index is 11.9. The highest BCUT2D eigenvalue weighted by Crippen LogP contribution is 2.25. The minimum absolute atomic E-state index is 0.0133. The van der Waals surface area contributed by atoms with Gasteiger partial charge in [0.15, 0.2) is 6.04 Å². The van der Waals surface area contributed by atoms with Crippen LogP contribution in [0.1, 0.15) is 25.1 Å². The lowest BCUT2D eigenvalue weighted by Gasteiger charge is -2.23. The highest BCUT2D eigenvalue weighted by molar-refractivity contribution is 5.99. The van der Waals surface area contributed by atoms with Gasteiger partial charge in [-0.25, -0.2) is 4.74 Å². The number of aryl methyl sites for hydroxylation is 1. The smallest absolute Gasteiger partial charge is 0.208 e. The van der Waals surface area contributed by atoms with Gasteiger partial charge in [-0.05, 0) is 25.1 Å².